The van der Waals surface area contributed by atoms with Crippen molar-refractivity contribution in [3.05, 3.63) is 63.6 Å². The first-order valence-corrected chi connectivity index (χ1v) is 9.72. The lowest BCUT2D eigenvalue weighted by Crippen LogP contribution is -2.55. The monoisotopic (exact) mass is 455 g/mol. The molecule has 0 aliphatic heterocycles. The van der Waals surface area contributed by atoms with Crippen LogP contribution in [0.5, 0.6) is 5.75 Å². The van der Waals surface area contributed by atoms with E-state index in [0.29, 0.717) is 6.07 Å². The first kappa shape index (κ1) is 22.0. The Morgan fingerprint density at radius 2 is 2.00 bits per heavy atom. The SMILES string of the molecule is CC[C@@H]1C[C@](O)(C(F)(F)F)[C@@H](Nc2cccc3c(=O)[nH]ncc23)c2cc(F)c(F)c(O)c21. The number of alkyl halides is 3. The first-order chi connectivity index (χ1) is 15.0. The minimum Gasteiger partial charge on any atom is -0.505 e. The molecule has 0 fully saturated rings. The molecule has 0 saturated carbocycles. The number of aliphatic hydroxyl groups is 1. The lowest BCUT2D eigenvalue weighted by atomic mass is 9.69. The second-order valence-electron chi connectivity index (χ2n) is 7.80. The van der Waals surface area contributed by atoms with Crippen LogP contribution in [0, 0.1) is 11.6 Å². The van der Waals surface area contributed by atoms with Gasteiger partial charge in [-0.3, -0.25) is 4.79 Å². The number of hydrogen-bond donors (Lipinski definition) is 4. The van der Waals surface area contributed by atoms with E-state index in [9.17, 15) is 37.0 Å². The number of halogens is 5. The molecule has 0 spiro atoms. The lowest BCUT2D eigenvalue weighted by molar-refractivity contribution is -0.272. The van der Waals surface area contributed by atoms with Gasteiger partial charge in [0.05, 0.1) is 17.6 Å². The minimum atomic E-state index is -5.16. The maximum absolute atomic E-state index is 14.2. The number of phenols is 1. The highest BCUT2D eigenvalue weighted by atomic mass is 19.4. The molecule has 0 saturated heterocycles. The summed E-state index contributed by atoms with van der Waals surface area (Å²) in [5.41, 5.74) is -4.58. The normalized spacial score (nSPS) is 23.2. The Bertz CT molecular complexity index is 1260. The van der Waals surface area contributed by atoms with Gasteiger partial charge in [0.25, 0.3) is 5.56 Å². The van der Waals surface area contributed by atoms with Crippen molar-refractivity contribution in [1.82, 2.24) is 10.2 Å². The van der Waals surface area contributed by atoms with Gasteiger partial charge in [0.15, 0.2) is 17.2 Å². The number of fused-ring (bicyclic) bond motifs is 2. The molecule has 11 heteroatoms. The predicted molar refractivity (Wildman–Crippen MR) is 105 cm³/mol. The summed E-state index contributed by atoms with van der Waals surface area (Å²) in [6, 6.07) is 2.75. The van der Waals surface area contributed by atoms with E-state index >= 15 is 0 Å². The van der Waals surface area contributed by atoms with E-state index in [2.05, 4.69) is 15.5 Å². The number of rotatable bonds is 3. The van der Waals surface area contributed by atoms with Crippen LogP contribution in [0.3, 0.4) is 0 Å². The van der Waals surface area contributed by atoms with Gasteiger partial charge in [-0.1, -0.05) is 13.0 Å². The van der Waals surface area contributed by atoms with Crippen molar-refractivity contribution in [2.24, 2.45) is 0 Å². The van der Waals surface area contributed by atoms with Crippen LogP contribution in [-0.2, 0) is 0 Å². The predicted octanol–water partition coefficient (Wildman–Crippen LogP) is 4.25. The Balaban J connectivity index is 1.98. The molecule has 1 aliphatic carbocycles. The molecule has 3 aromatic rings. The second-order valence-corrected chi connectivity index (χ2v) is 7.80. The summed E-state index contributed by atoms with van der Waals surface area (Å²) in [4.78, 5) is 12.0. The Labute approximate surface area is 177 Å². The van der Waals surface area contributed by atoms with Crippen LogP contribution in [-0.4, -0.2) is 32.2 Å². The van der Waals surface area contributed by atoms with Gasteiger partial charge in [-0.15, -0.1) is 0 Å². The van der Waals surface area contributed by atoms with Crippen molar-refractivity contribution in [1.29, 1.82) is 0 Å². The first-order valence-electron chi connectivity index (χ1n) is 9.72. The van der Waals surface area contributed by atoms with Crippen molar-refractivity contribution < 1.29 is 32.2 Å². The second kappa shape index (κ2) is 7.44. The summed E-state index contributed by atoms with van der Waals surface area (Å²) in [7, 11) is 0. The zero-order chi connectivity index (χ0) is 23.4. The van der Waals surface area contributed by atoms with Gasteiger partial charge in [-0.05, 0) is 42.5 Å². The number of aromatic nitrogens is 2. The van der Waals surface area contributed by atoms with Crippen molar-refractivity contribution in [3.63, 3.8) is 0 Å². The number of nitrogens with zero attached hydrogens (tertiary/aromatic N) is 1. The van der Waals surface area contributed by atoms with Crippen molar-refractivity contribution >= 4 is 16.5 Å². The fraction of sp³-hybridized carbons (Fsp3) is 0.333. The van der Waals surface area contributed by atoms with Crippen molar-refractivity contribution in [2.75, 3.05) is 5.32 Å². The van der Waals surface area contributed by atoms with Crippen LogP contribution < -0.4 is 10.9 Å². The molecular formula is C21H18F5N3O3. The van der Waals surface area contributed by atoms with Crippen LogP contribution >= 0.6 is 0 Å². The van der Waals surface area contributed by atoms with Crippen LogP contribution in [0.15, 0.2) is 35.3 Å². The summed E-state index contributed by atoms with van der Waals surface area (Å²) in [5.74, 6) is -5.29. The van der Waals surface area contributed by atoms with E-state index in [1.54, 1.807) is 0 Å². The van der Waals surface area contributed by atoms with Gasteiger partial charge in [0.1, 0.15) is 0 Å². The zero-order valence-corrected chi connectivity index (χ0v) is 16.6. The molecule has 0 amide bonds. The summed E-state index contributed by atoms with van der Waals surface area (Å²) < 4.78 is 70.7. The highest BCUT2D eigenvalue weighted by Crippen LogP contribution is 2.55. The van der Waals surface area contributed by atoms with Crippen molar-refractivity contribution in [2.45, 2.75) is 43.5 Å². The molecule has 2 aromatic carbocycles. The lowest BCUT2D eigenvalue weighted by Gasteiger charge is -2.45. The summed E-state index contributed by atoms with van der Waals surface area (Å²) >= 11 is 0. The maximum Gasteiger partial charge on any atom is 0.419 e. The van der Waals surface area contributed by atoms with E-state index < -0.39 is 58.7 Å². The number of hydrogen-bond acceptors (Lipinski definition) is 5. The van der Waals surface area contributed by atoms with E-state index in [4.69, 9.17) is 0 Å². The topological polar surface area (TPSA) is 98.2 Å². The van der Waals surface area contributed by atoms with Crippen LogP contribution in [0.1, 0.15) is 42.9 Å². The number of phenolic OH excluding ortho intramolecular Hbond substituents is 1. The minimum absolute atomic E-state index is 0.0129. The largest absolute Gasteiger partial charge is 0.505 e. The fourth-order valence-corrected chi connectivity index (χ4v) is 4.39. The molecule has 4 N–H and O–H groups in total. The molecule has 1 aromatic heterocycles. The third-order valence-electron chi connectivity index (χ3n) is 6.01. The van der Waals surface area contributed by atoms with E-state index in [0.717, 1.165) is 0 Å². The number of aromatic hydroxyl groups is 1. The molecule has 4 rings (SSSR count). The number of anilines is 1. The number of H-pyrrole nitrogens is 1. The molecule has 32 heavy (non-hydrogen) atoms. The van der Waals surface area contributed by atoms with E-state index in [1.807, 2.05) is 0 Å². The molecule has 170 valence electrons. The molecule has 3 atom stereocenters. The van der Waals surface area contributed by atoms with E-state index in [1.165, 1.54) is 31.3 Å². The molecular weight excluding hydrogens is 437 g/mol. The fourth-order valence-electron chi connectivity index (χ4n) is 4.39. The average Bonchev–Trinajstić information content (AvgIpc) is 2.73. The molecule has 0 bridgehead atoms. The Kier molecular flexibility index (Phi) is 5.11. The Morgan fingerprint density at radius 3 is 2.66 bits per heavy atom. The zero-order valence-electron chi connectivity index (χ0n) is 16.6. The standard InChI is InChI=1S/C21H18F5N3O3/c1-2-9-7-20(32,21(24,25)26)18(11-6-13(22)16(23)17(30)15(9)11)28-14-5-3-4-10-12(14)8-27-29-19(10)31/h3-6,8-9,18,28,30,32H,2,7H2,1H3,(H,29,31)/t9-,18+,20-/m1/s1. The molecule has 1 heterocycles. The Morgan fingerprint density at radius 1 is 1.28 bits per heavy atom. The van der Waals surface area contributed by atoms with Gasteiger partial charge >= 0.3 is 6.18 Å². The average molecular weight is 455 g/mol. The summed E-state index contributed by atoms with van der Waals surface area (Å²) in [6.07, 6.45) is -4.80. The van der Waals surface area contributed by atoms with Gasteiger partial charge < -0.3 is 15.5 Å². The van der Waals surface area contributed by atoms with Crippen LogP contribution in [0.4, 0.5) is 27.6 Å². The van der Waals surface area contributed by atoms with Crippen LogP contribution in [0.25, 0.3) is 10.8 Å². The third kappa shape index (κ3) is 3.19. The van der Waals surface area contributed by atoms with E-state index in [-0.39, 0.29) is 28.4 Å². The third-order valence-corrected chi connectivity index (χ3v) is 6.01. The number of benzene rings is 2. The summed E-state index contributed by atoms with van der Waals surface area (Å²) in [6.45, 7) is 1.52. The molecule has 6 nitrogen and oxygen atoms in total. The molecule has 1 aliphatic rings. The maximum atomic E-state index is 14.2. The van der Waals surface area contributed by atoms with Crippen molar-refractivity contribution in [3.8, 4) is 5.75 Å². The summed E-state index contributed by atoms with van der Waals surface area (Å²) in [5, 5.41) is 29.8. The highest BCUT2D eigenvalue weighted by molar-refractivity contribution is 5.92. The number of nitrogens with one attached hydrogen (secondary N) is 2. The van der Waals surface area contributed by atoms with Gasteiger partial charge in [0.2, 0.25) is 5.82 Å². The number of aromatic amines is 1. The quantitative estimate of drug-likeness (QED) is 0.443. The Hall–Kier alpha value is -3.21. The molecule has 0 radical (unpaired) electrons. The molecule has 0 unspecified atom stereocenters. The van der Waals surface area contributed by atoms with Gasteiger partial charge in [-0.2, -0.15) is 22.7 Å². The van der Waals surface area contributed by atoms with Gasteiger partial charge in [-0.25, -0.2) is 9.49 Å². The smallest absolute Gasteiger partial charge is 0.419 e. The highest BCUT2D eigenvalue weighted by Gasteiger charge is 2.62. The van der Waals surface area contributed by atoms with Crippen LogP contribution in [0.2, 0.25) is 0 Å². The van der Waals surface area contributed by atoms with Gasteiger partial charge in [0, 0.05) is 16.6 Å².